The number of hydrogen-bond acceptors (Lipinski definition) is 6. The molecule has 0 aliphatic heterocycles. The molecule has 8 nitrogen and oxygen atoms in total. The molecule has 3 heterocycles. The van der Waals surface area contributed by atoms with Crippen molar-refractivity contribution in [2.24, 2.45) is 0 Å². The van der Waals surface area contributed by atoms with Gasteiger partial charge in [0.05, 0.1) is 12.8 Å². The van der Waals surface area contributed by atoms with E-state index in [4.69, 9.17) is 4.74 Å². The average molecular weight is 428 g/mol. The van der Waals surface area contributed by atoms with Crippen LogP contribution in [0.1, 0.15) is 0 Å². The number of ether oxygens (including phenoxy) is 1. The van der Waals surface area contributed by atoms with Crippen molar-refractivity contribution in [1.29, 1.82) is 0 Å². The molecule has 0 aliphatic rings. The SMILES string of the molecule is COc1cc(NC(=O)/C=C/CN(C)C)cc(-c2cnc3[nH]cc(-c4ccncn4)c3c2)c1. The zero-order chi connectivity index (χ0) is 22.5. The number of aromatic amines is 1. The number of methoxy groups -OCH3 is 1. The molecule has 1 amide bonds. The average Bonchev–Trinajstić information content (AvgIpc) is 3.22. The molecule has 2 N–H and O–H groups in total. The molecule has 0 saturated carbocycles. The van der Waals surface area contributed by atoms with Gasteiger partial charge in [-0.2, -0.15) is 0 Å². The highest BCUT2D eigenvalue weighted by molar-refractivity contribution is 6.00. The van der Waals surface area contributed by atoms with E-state index >= 15 is 0 Å². The summed E-state index contributed by atoms with van der Waals surface area (Å²) >= 11 is 0. The van der Waals surface area contributed by atoms with Crippen LogP contribution in [0.4, 0.5) is 5.69 Å². The zero-order valence-electron chi connectivity index (χ0n) is 18.2. The Morgan fingerprint density at radius 1 is 1.19 bits per heavy atom. The van der Waals surface area contributed by atoms with Crippen molar-refractivity contribution in [1.82, 2.24) is 24.8 Å². The minimum Gasteiger partial charge on any atom is -0.497 e. The topological polar surface area (TPSA) is 96.0 Å². The van der Waals surface area contributed by atoms with Crippen molar-refractivity contribution < 1.29 is 9.53 Å². The van der Waals surface area contributed by atoms with Crippen molar-refractivity contribution in [3.8, 4) is 28.1 Å². The van der Waals surface area contributed by atoms with E-state index in [-0.39, 0.29) is 5.91 Å². The minimum absolute atomic E-state index is 0.198. The molecule has 0 spiro atoms. The van der Waals surface area contributed by atoms with Crippen LogP contribution in [0, 0.1) is 0 Å². The molecule has 0 aliphatic carbocycles. The smallest absolute Gasteiger partial charge is 0.248 e. The second kappa shape index (κ2) is 9.40. The van der Waals surface area contributed by atoms with Crippen LogP contribution in [0.2, 0.25) is 0 Å². The molecular weight excluding hydrogens is 404 g/mol. The number of rotatable bonds is 7. The fourth-order valence-corrected chi connectivity index (χ4v) is 3.33. The number of nitrogens with zero attached hydrogens (tertiary/aromatic N) is 4. The second-order valence-corrected chi connectivity index (χ2v) is 7.52. The Morgan fingerprint density at radius 2 is 2.06 bits per heavy atom. The fraction of sp³-hybridized carbons (Fsp3) is 0.167. The maximum Gasteiger partial charge on any atom is 0.248 e. The lowest BCUT2D eigenvalue weighted by molar-refractivity contribution is -0.111. The summed E-state index contributed by atoms with van der Waals surface area (Å²) in [6.45, 7) is 0.688. The number of nitrogens with one attached hydrogen (secondary N) is 2. The monoisotopic (exact) mass is 428 g/mol. The van der Waals surface area contributed by atoms with E-state index in [1.54, 1.807) is 25.6 Å². The summed E-state index contributed by atoms with van der Waals surface area (Å²) in [6, 6.07) is 9.51. The Hall–Kier alpha value is -4.04. The summed E-state index contributed by atoms with van der Waals surface area (Å²) in [4.78, 5) is 30.4. The molecule has 8 heteroatoms. The molecule has 0 atom stereocenters. The summed E-state index contributed by atoms with van der Waals surface area (Å²) in [5.74, 6) is 0.441. The van der Waals surface area contributed by atoms with E-state index in [0.29, 0.717) is 18.0 Å². The number of H-pyrrole nitrogens is 1. The Morgan fingerprint density at radius 3 is 2.81 bits per heavy atom. The standard InChI is InChI=1S/C24H24N6O2/c1-30(2)8-4-5-23(31)29-18-9-16(10-19(12-18)32-3)17-11-20-21(14-27-24(20)26-13-17)22-6-7-25-15-28-22/h4-7,9-15H,8H2,1-3H3,(H,26,27)(H,29,31)/b5-4+. The molecule has 0 fully saturated rings. The molecule has 1 aromatic carbocycles. The maximum absolute atomic E-state index is 12.3. The van der Waals surface area contributed by atoms with Crippen LogP contribution in [-0.4, -0.2) is 58.5 Å². The third-order valence-corrected chi connectivity index (χ3v) is 4.87. The minimum atomic E-state index is -0.198. The number of fused-ring (bicyclic) bond motifs is 1. The van der Waals surface area contributed by atoms with Crippen LogP contribution < -0.4 is 10.1 Å². The number of likely N-dealkylation sites (N-methyl/N-ethyl adjacent to an activating group) is 1. The molecule has 32 heavy (non-hydrogen) atoms. The highest BCUT2D eigenvalue weighted by Gasteiger charge is 2.12. The molecule has 162 valence electrons. The zero-order valence-corrected chi connectivity index (χ0v) is 18.2. The Bertz CT molecular complexity index is 1260. The van der Waals surface area contributed by atoms with Gasteiger partial charge in [0.15, 0.2) is 0 Å². The first kappa shape index (κ1) is 21.2. The van der Waals surface area contributed by atoms with E-state index in [2.05, 4.69) is 25.3 Å². The number of aromatic nitrogens is 4. The molecule has 0 saturated heterocycles. The lowest BCUT2D eigenvalue weighted by Gasteiger charge is -2.10. The van der Waals surface area contributed by atoms with Gasteiger partial charge in [-0.1, -0.05) is 6.08 Å². The first-order valence-corrected chi connectivity index (χ1v) is 10.1. The van der Waals surface area contributed by atoms with Crippen molar-refractivity contribution in [3.63, 3.8) is 0 Å². The van der Waals surface area contributed by atoms with Crippen molar-refractivity contribution in [3.05, 3.63) is 67.4 Å². The molecular formula is C24H24N6O2. The Balaban J connectivity index is 1.67. The van der Waals surface area contributed by atoms with Crippen LogP contribution in [0.5, 0.6) is 5.75 Å². The van der Waals surface area contributed by atoms with E-state index in [9.17, 15) is 4.79 Å². The molecule has 3 aromatic heterocycles. The summed E-state index contributed by atoms with van der Waals surface area (Å²) in [5, 5.41) is 3.85. The van der Waals surface area contributed by atoms with Crippen LogP contribution in [0.3, 0.4) is 0 Å². The second-order valence-electron chi connectivity index (χ2n) is 7.52. The fourth-order valence-electron chi connectivity index (χ4n) is 3.33. The third kappa shape index (κ3) is 4.81. The van der Waals surface area contributed by atoms with Gasteiger partial charge in [-0.05, 0) is 43.9 Å². The number of hydrogen-bond donors (Lipinski definition) is 2. The van der Waals surface area contributed by atoms with Crippen molar-refractivity contribution in [2.45, 2.75) is 0 Å². The predicted octanol–water partition coefficient (Wildman–Crippen LogP) is 3.75. The van der Waals surface area contributed by atoms with Gasteiger partial charge in [0.2, 0.25) is 5.91 Å². The highest BCUT2D eigenvalue weighted by Crippen LogP contribution is 2.32. The van der Waals surface area contributed by atoms with Crippen molar-refractivity contribution in [2.75, 3.05) is 33.1 Å². The van der Waals surface area contributed by atoms with Gasteiger partial charge in [0.1, 0.15) is 17.7 Å². The first-order valence-electron chi connectivity index (χ1n) is 10.1. The largest absolute Gasteiger partial charge is 0.497 e. The highest BCUT2D eigenvalue weighted by atomic mass is 16.5. The maximum atomic E-state index is 12.3. The van der Waals surface area contributed by atoms with Gasteiger partial charge in [0, 0.05) is 59.5 Å². The van der Waals surface area contributed by atoms with Crippen LogP contribution in [0.15, 0.2) is 67.4 Å². The number of pyridine rings is 1. The van der Waals surface area contributed by atoms with Gasteiger partial charge in [-0.25, -0.2) is 15.0 Å². The van der Waals surface area contributed by atoms with Crippen molar-refractivity contribution >= 4 is 22.6 Å². The lowest BCUT2D eigenvalue weighted by atomic mass is 10.0. The Labute approximate surface area is 186 Å². The molecule has 4 aromatic rings. The molecule has 0 bridgehead atoms. The van der Waals surface area contributed by atoms with E-state index in [1.165, 1.54) is 12.4 Å². The number of benzene rings is 1. The number of amides is 1. The normalized spacial score (nSPS) is 11.4. The quantitative estimate of drug-likeness (QED) is 0.435. The number of anilines is 1. The first-order chi connectivity index (χ1) is 15.5. The molecule has 0 radical (unpaired) electrons. The number of carbonyl (C=O) groups is 1. The van der Waals surface area contributed by atoms with E-state index in [1.807, 2.05) is 55.5 Å². The van der Waals surface area contributed by atoms with Gasteiger partial charge < -0.3 is 19.9 Å². The third-order valence-electron chi connectivity index (χ3n) is 4.87. The van der Waals surface area contributed by atoms with Gasteiger partial charge >= 0.3 is 0 Å². The van der Waals surface area contributed by atoms with E-state index < -0.39 is 0 Å². The van der Waals surface area contributed by atoms with Gasteiger partial charge in [-0.3, -0.25) is 4.79 Å². The lowest BCUT2D eigenvalue weighted by Crippen LogP contribution is -2.13. The van der Waals surface area contributed by atoms with E-state index in [0.717, 1.165) is 33.4 Å². The predicted molar refractivity (Wildman–Crippen MR) is 125 cm³/mol. The molecule has 4 rings (SSSR count). The summed E-state index contributed by atoms with van der Waals surface area (Å²) in [5.41, 5.74) is 4.94. The summed E-state index contributed by atoms with van der Waals surface area (Å²) in [6.07, 6.45) is 10.3. The van der Waals surface area contributed by atoms with Gasteiger partial charge in [0.25, 0.3) is 0 Å². The summed E-state index contributed by atoms with van der Waals surface area (Å²) < 4.78 is 5.46. The molecule has 0 unspecified atom stereocenters. The van der Waals surface area contributed by atoms with Gasteiger partial charge in [-0.15, -0.1) is 0 Å². The summed E-state index contributed by atoms with van der Waals surface area (Å²) in [7, 11) is 5.49. The van der Waals surface area contributed by atoms with Crippen LogP contribution in [0.25, 0.3) is 33.4 Å². The Kier molecular flexibility index (Phi) is 6.23. The van der Waals surface area contributed by atoms with Crippen LogP contribution >= 0.6 is 0 Å². The van der Waals surface area contributed by atoms with Crippen LogP contribution in [-0.2, 0) is 4.79 Å². The number of carbonyl (C=O) groups excluding carboxylic acids is 1.